The van der Waals surface area contributed by atoms with Gasteiger partial charge in [0.2, 0.25) is 0 Å². The average molecular weight is 222 g/mol. The summed E-state index contributed by atoms with van der Waals surface area (Å²) in [7, 11) is 2.11. The number of likely N-dealkylation sites (N-methyl/N-ethyl adjacent to an activating group) is 1. The Bertz CT molecular complexity index is 237. The second kappa shape index (κ2) is 4.66. The number of rotatable bonds is 3. The zero-order chi connectivity index (χ0) is 11.0. The number of hydrogen-bond donors (Lipinski definition) is 1. The second-order valence-electron chi connectivity index (χ2n) is 6.19. The Morgan fingerprint density at radius 2 is 1.88 bits per heavy atom. The van der Waals surface area contributed by atoms with E-state index in [4.69, 9.17) is 0 Å². The van der Waals surface area contributed by atoms with Crippen molar-refractivity contribution in [2.75, 3.05) is 20.1 Å². The zero-order valence-corrected chi connectivity index (χ0v) is 10.6. The molecule has 92 valence electrons. The van der Waals surface area contributed by atoms with Crippen molar-refractivity contribution in [2.24, 2.45) is 11.8 Å². The average Bonchev–Trinajstić information content (AvgIpc) is 3.07. The van der Waals surface area contributed by atoms with Crippen molar-refractivity contribution < 1.29 is 0 Å². The molecule has 3 rings (SSSR count). The monoisotopic (exact) mass is 222 g/mol. The molecule has 2 aliphatic carbocycles. The van der Waals surface area contributed by atoms with Crippen molar-refractivity contribution in [1.29, 1.82) is 0 Å². The molecule has 0 aromatic heterocycles. The van der Waals surface area contributed by atoms with Crippen molar-refractivity contribution in [1.82, 2.24) is 10.2 Å². The number of nitrogens with one attached hydrogen (secondary N) is 1. The van der Waals surface area contributed by atoms with E-state index < -0.39 is 0 Å². The molecule has 1 heterocycles. The summed E-state index contributed by atoms with van der Waals surface area (Å²) in [6.07, 6.45) is 10.5. The second-order valence-corrected chi connectivity index (χ2v) is 6.19. The quantitative estimate of drug-likeness (QED) is 0.788. The molecule has 2 nitrogen and oxygen atoms in total. The van der Waals surface area contributed by atoms with Gasteiger partial charge in [0.15, 0.2) is 0 Å². The van der Waals surface area contributed by atoms with Crippen LogP contribution in [-0.4, -0.2) is 37.1 Å². The maximum absolute atomic E-state index is 3.44. The van der Waals surface area contributed by atoms with Gasteiger partial charge in [0.1, 0.15) is 0 Å². The van der Waals surface area contributed by atoms with Crippen LogP contribution < -0.4 is 5.32 Å². The Labute approximate surface area is 99.8 Å². The van der Waals surface area contributed by atoms with Crippen LogP contribution in [0.1, 0.15) is 44.9 Å². The van der Waals surface area contributed by atoms with E-state index in [0.29, 0.717) is 0 Å². The molecule has 3 atom stereocenters. The fraction of sp³-hybridized carbons (Fsp3) is 1.00. The minimum absolute atomic E-state index is 0.765. The van der Waals surface area contributed by atoms with Gasteiger partial charge in [-0.2, -0.15) is 0 Å². The summed E-state index contributed by atoms with van der Waals surface area (Å²) in [6.45, 7) is 2.64. The van der Waals surface area contributed by atoms with E-state index in [9.17, 15) is 0 Å². The van der Waals surface area contributed by atoms with Gasteiger partial charge in [-0.05, 0) is 51.0 Å². The van der Waals surface area contributed by atoms with E-state index in [0.717, 1.165) is 23.9 Å². The molecule has 16 heavy (non-hydrogen) atoms. The third-order valence-corrected chi connectivity index (χ3v) is 5.12. The van der Waals surface area contributed by atoms with Crippen LogP contribution in [0.15, 0.2) is 0 Å². The summed E-state index contributed by atoms with van der Waals surface area (Å²) in [4.78, 5) is 2.77. The van der Waals surface area contributed by atoms with Crippen LogP contribution in [-0.2, 0) is 0 Å². The summed E-state index contributed by atoms with van der Waals surface area (Å²) in [5.41, 5.74) is 0. The van der Waals surface area contributed by atoms with Crippen LogP contribution in [0, 0.1) is 11.8 Å². The van der Waals surface area contributed by atoms with Crippen LogP contribution in [0.3, 0.4) is 0 Å². The van der Waals surface area contributed by atoms with E-state index in [2.05, 4.69) is 17.3 Å². The Balaban J connectivity index is 1.53. The van der Waals surface area contributed by atoms with Crippen LogP contribution >= 0.6 is 0 Å². The first-order valence-electron chi connectivity index (χ1n) is 7.28. The minimum Gasteiger partial charge on any atom is -0.316 e. The molecule has 0 aromatic carbocycles. The first kappa shape index (κ1) is 11.0. The van der Waals surface area contributed by atoms with E-state index >= 15 is 0 Å². The molecule has 0 aromatic rings. The molecule has 0 amide bonds. The van der Waals surface area contributed by atoms with Crippen LogP contribution in [0.5, 0.6) is 0 Å². The molecular formula is C14H26N2. The summed E-state index contributed by atoms with van der Waals surface area (Å²) >= 11 is 0. The van der Waals surface area contributed by atoms with E-state index in [1.807, 2.05) is 0 Å². The van der Waals surface area contributed by atoms with Gasteiger partial charge in [-0.3, -0.25) is 4.90 Å². The Morgan fingerprint density at radius 3 is 2.56 bits per heavy atom. The van der Waals surface area contributed by atoms with Crippen LogP contribution in [0.4, 0.5) is 0 Å². The maximum atomic E-state index is 3.44. The Hall–Kier alpha value is -0.0800. The Kier molecular flexibility index (Phi) is 3.21. The van der Waals surface area contributed by atoms with Gasteiger partial charge in [-0.1, -0.05) is 12.8 Å². The highest BCUT2D eigenvalue weighted by molar-refractivity contribution is 4.91. The van der Waals surface area contributed by atoms with E-state index in [-0.39, 0.29) is 0 Å². The first-order chi connectivity index (χ1) is 7.86. The topological polar surface area (TPSA) is 15.3 Å². The lowest BCUT2D eigenvalue weighted by molar-refractivity contribution is 0.145. The van der Waals surface area contributed by atoms with Crippen LogP contribution in [0.25, 0.3) is 0 Å². The Morgan fingerprint density at radius 1 is 1.00 bits per heavy atom. The fourth-order valence-corrected chi connectivity index (χ4v) is 3.88. The molecule has 0 radical (unpaired) electrons. The standard InChI is InChI=1S/C14H26N2/c1-15-13-7-8-16(10-13)14-4-2-3-12(9-14)11-5-6-11/h11-15H,2-10H2,1H3. The van der Waals surface area contributed by atoms with Crippen LogP contribution in [0.2, 0.25) is 0 Å². The molecule has 2 saturated carbocycles. The molecule has 2 heteroatoms. The lowest BCUT2D eigenvalue weighted by Gasteiger charge is -2.35. The molecular weight excluding hydrogens is 196 g/mol. The summed E-state index contributed by atoms with van der Waals surface area (Å²) in [6, 6.07) is 1.69. The third-order valence-electron chi connectivity index (χ3n) is 5.12. The molecule has 0 spiro atoms. The summed E-state index contributed by atoms with van der Waals surface area (Å²) in [5.74, 6) is 2.22. The number of hydrogen-bond acceptors (Lipinski definition) is 2. The normalized spacial score (nSPS) is 41.4. The maximum Gasteiger partial charge on any atom is 0.0204 e. The highest BCUT2D eigenvalue weighted by atomic mass is 15.2. The lowest BCUT2D eigenvalue weighted by Crippen LogP contribution is -2.39. The fourth-order valence-electron chi connectivity index (χ4n) is 3.88. The van der Waals surface area contributed by atoms with E-state index in [1.165, 1.54) is 58.0 Å². The molecule has 3 aliphatic rings. The first-order valence-corrected chi connectivity index (χ1v) is 7.28. The highest BCUT2D eigenvalue weighted by Crippen LogP contribution is 2.45. The van der Waals surface area contributed by atoms with Gasteiger partial charge < -0.3 is 5.32 Å². The van der Waals surface area contributed by atoms with Crippen molar-refractivity contribution >= 4 is 0 Å². The predicted molar refractivity (Wildman–Crippen MR) is 67.5 cm³/mol. The summed E-state index contributed by atoms with van der Waals surface area (Å²) in [5, 5.41) is 3.44. The minimum atomic E-state index is 0.765. The van der Waals surface area contributed by atoms with Crippen molar-refractivity contribution in [2.45, 2.75) is 57.0 Å². The van der Waals surface area contributed by atoms with Gasteiger partial charge in [-0.15, -0.1) is 0 Å². The lowest BCUT2D eigenvalue weighted by atomic mass is 9.82. The number of nitrogens with zero attached hydrogens (tertiary/aromatic N) is 1. The van der Waals surface area contributed by atoms with Crippen molar-refractivity contribution in [3.8, 4) is 0 Å². The van der Waals surface area contributed by atoms with Gasteiger partial charge >= 0.3 is 0 Å². The molecule has 1 saturated heterocycles. The third kappa shape index (κ3) is 2.28. The molecule has 3 unspecified atom stereocenters. The highest BCUT2D eigenvalue weighted by Gasteiger charge is 2.37. The van der Waals surface area contributed by atoms with Crippen molar-refractivity contribution in [3.63, 3.8) is 0 Å². The number of likely N-dealkylation sites (tertiary alicyclic amines) is 1. The van der Waals surface area contributed by atoms with Crippen molar-refractivity contribution in [3.05, 3.63) is 0 Å². The van der Waals surface area contributed by atoms with E-state index in [1.54, 1.807) is 0 Å². The molecule has 1 aliphatic heterocycles. The van der Waals surface area contributed by atoms with Gasteiger partial charge in [0, 0.05) is 25.2 Å². The van der Waals surface area contributed by atoms with Gasteiger partial charge in [0.05, 0.1) is 0 Å². The molecule has 3 fully saturated rings. The van der Waals surface area contributed by atoms with Gasteiger partial charge in [0.25, 0.3) is 0 Å². The zero-order valence-electron chi connectivity index (χ0n) is 10.6. The molecule has 1 N–H and O–H groups in total. The largest absolute Gasteiger partial charge is 0.316 e. The smallest absolute Gasteiger partial charge is 0.0204 e. The SMILES string of the molecule is CNC1CCN(C2CCCC(C3CC3)C2)C1. The van der Waals surface area contributed by atoms with Gasteiger partial charge in [-0.25, -0.2) is 0 Å². The molecule has 0 bridgehead atoms. The summed E-state index contributed by atoms with van der Waals surface area (Å²) < 4.78 is 0. The predicted octanol–water partition coefficient (Wildman–Crippen LogP) is 2.25.